The fraction of sp³-hybridized carbons (Fsp3) is 0.333. The molecule has 1 aromatic carbocycles. The number of nitrogens with zero attached hydrogens (tertiary/aromatic N) is 3. The van der Waals surface area contributed by atoms with Crippen LogP contribution in [0.2, 0.25) is 5.28 Å². The number of hydrogen-bond donors (Lipinski definition) is 0. The summed E-state index contributed by atoms with van der Waals surface area (Å²) in [4.78, 5) is 10.7. The van der Waals surface area contributed by atoms with E-state index in [4.69, 9.17) is 11.6 Å². The predicted octanol–water partition coefficient (Wildman–Crippen LogP) is 3.77. The standard InChI is InChI=1S/C15H16ClN3/c1-10-7-12-5-3-4-6-13(12)19(9-10)14-11(2)8-17-15(16)18-14/h3-6,8,10H,7,9H2,1-2H3. The lowest BCUT2D eigenvalue weighted by Crippen LogP contribution is -2.31. The largest absolute Gasteiger partial charge is 0.325 e. The zero-order valence-corrected chi connectivity index (χ0v) is 11.9. The van der Waals surface area contributed by atoms with E-state index in [1.807, 2.05) is 6.92 Å². The Morgan fingerprint density at radius 1 is 1.32 bits per heavy atom. The molecule has 0 aliphatic carbocycles. The van der Waals surface area contributed by atoms with Crippen LogP contribution in [0.3, 0.4) is 0 Å². The van der Waals surface area contributed by atoms with Gasteiger partial charge in [0, 0.05) is 24.0 Å². The lowest BCUT2D eigenvalue weighted by Gasteiger charge is -2.34. The van der Waals surface area contributed by atoms with Crippen LogP contribution in [0.1, 0.15) is 18.1 Å². The van der Waals surface area contributed by atoms with Gasteiger partial charge in [-0.1, -0.05) is 25.1 Å². The van der Waals surface area contributed by atoms with E-state index in [9.17, 15) is 0 Å². The molecule has 1 atom stereocenters. The maximum Gasteiger partial charge on any atom is 0.224 e. The van der Waals surface area contributed by atoms with E-state index in [0.717, 1.165) is 24.3 Å². The molecule has 1 aliphatic heterocycles. The first-order chi connectivity index (χ1) is 9.15. The molecule has 1 aliphatic rings. The third-order valence-electron chi connectivity index (χ3n) is 3.52. The summed E-state index contributed by atoms with van der Waals surface area (Å²) in [5, 5.41) is 0.302. The Morgan fingerprint density at radius 2 is 2.11 bits per heavy atom. The van der Waals surface area contributed by atoms with Gasteiger partial charge in [-0.2, -0.15) is 4.98 Å². The van der Waals surface area contributed by atoms with Crippen LogP contribution in [-0.2, 0) is 6.42 Å². The van der Waals surface area contributed by atoms with Crippen molar-refractivity contribution in [3.05, 3.63) is 46.9 Å². The van der Waals surface area contributed by atoms with Gasteiger partial charge < -0.3 is 4.90 Å². The maximum atomic E-state index is 5.95. The van der Waals surface area contributed by atoms with E-state index in [2.05, 4.69) is 46.1 Å². The van der Waals surface area contributed by atoms with Crippen LogP contribution in [0.4, 0.5) is 11.5 Å². The molecule has 0 fully saturated rings. The van der Waals surface area contributed by atoms with E-state index in [1.165, 1.54) is 11.3 Å². The SMILES string of the molecule is Cc1cnc(Cl)nc1N1CC(C)Cc2ccccc21. The third-order valence-corrected chi connectivity index (χ3v) is 3.70. The van der Waals surface area contributed by atoms with Gasteiger partial charge in [0.15, 0.2) is 0 Å². The van der Waals surface area contributed by atoms with Gasteiger partial charge in [-0.25, -0.2) is 4.98 Å². The quantitative estimate of drug-likeness (QED) is 0.741. The van der Waals surface area contributed by atoms with Crippen LogP contribution in [0, 0.1) is 12.8 Å². The van der Waals surface area contributed by atoms with Gasteiger partial charge in [-0.15, -0.1) is 0 Å². The van der Waals surface area contributed by atoms with Gasteiger partial charge in [0.2, 0.25) is 5.28 Å². The molecule has 1 aromatic heterocycles. The van der Waals surface area contributed by atoms with Crippen LogP contribution in [0.15, 0.2) is 30.5 Å². The molecule has 0 saturated carbocycles. The molecule has 1 unspecified atom stereocenters. The van der Waals surface area contributed by atoms with Crippen molar-refractivity contribution in [2.75, 3.05) is 11.4 Å². The number of halogens is 1. The second-order valence-corrected chi connectivity index (χ2v) is 5.53. The number of benzene rings is 1. The fourth-order valence-electron chi connectivity index (χ4n) is 2.68. The Hall–Kier alpha value is -1.61. The minimum Gasteiger partial charge on any atom is -0.325 e. The highest BCUT2D eigenvalue weighted by Gasteiger charge is 2.24. The topological polar surface area (TPSA) is 29.0 Å². The molecule has 0 amide bonds. The molecule has 19 heavy (non-hydrogen) atoms. The molecular weight excluding hydrogens is 258 g/mol. The molecule has 0 spiro atoms. The van der Waals surface area contributed by atoms with Crippen molar-refractivity contribution in [3.8, 4) is 0 Å². The van der Waals surface area contributed by atoms with E-state index in [1.54, 1.807) is 6.20 Å². The highest BCUT2D eigenvalue weighted by molar-refractivity contribution is 6.28. The van der Waals surface area contributed by atoms with Crippen LogP contribution >= 0.6 is 11.6 Å². The molecule has 0 saturated heterocycles. The van der Waals surface area contributed by atoms with Crippen LogP contribution < -0.4 is 4.90 Å². The van der Waals surface area contributed by atoms with Gasteiger partial charge >= 0.3 is 0 Å². The molecule has 98 valence electrons. The number of rotatable bonds is 1. The third kappa shape index (κ3) is 2.30. The Morgan fingerprint density at radius 3 is 2.95 bits per heavy atom. The number of hydrogen-bond acceptors (Lipinski definition) is 3. The number of aryl methyl sites for hydroxylation is 1. The Kier molecular flexibility index (Phi) is 3.15. The molecular formula is C15H16ClN3. The minimum absolute atomic E-state index is 0.302. The molecule has 2 heterocycles. The summed E-state index contributed by atoms with van der Waals surface area (Å²) in [6.45, 7) is 5.25. The molecule has 2 aromatic rings. The van der Waals surface area contributed by atoms with Crippen molar-refractivity contribution in [2.45, 2.75) is 20.3 Å². The van der Waals surface area contributed by atoms with Gasteiger partial charge in [-0.3, -0.25) is 0 Å². The number of aromatic nitrogens is 2. The summed E-state index contributed by atoms with van der Waals surface area (Å²) in [6, 6.07) is 8.50. The number of anilines is 2. The smallest absolute Gasteiger partial charge is 0.224 e. The molecule has 3 nitrogen and oxygen atoms in total. The van der Waals surface area contributed by atoms with Crippen molar-refractivity contribution in [1.82, 2.24) is 9.97 Å². The zero-order valence-electron chi connectivity index (χ0n) is 11.1. The van der Waals surface area contributed by atoms with Crippen molar-refractivity contribution in [2.24, 2.45) is 5.92 Å². The first kappa shape index (κ1) is 12.4. The normalized spacial score (nSPS) is 18.3. The molecule has 0 radical (unpaired) electrons. The van der Waals surface area contributed by atoms with E-state index in [-0.39, 0.29) is 0 Å². The van der Waals surface area contributed by atoms with Crippen LogP contribution in [-0.4, -0.2) is 16.5 Å². The lowest BCUT2D eigenvalue weighted by molar-refractivity contribution is 0.559. The fourth-order valence-corrected chi connectivity index (χ4v) is 2.81. The summed E-state index contributed by atoms with van der Waals surface area (Å²) in [6.07, 6.45) is 2.90. The van der Waals surface area contributed by atoms with Crippen molar-refractivity contribution < 1.29 is 0 Å². The van der Waals surface area contributed by atoms with Crippen LogP contribution in [0.5, 0.6) is 0 Å². The van der Waals surface area contributed by atoms with E-state index >= 15 is 0 Å². The number of fused-ring (bicyclic) bond motifs is 1. The first-order valence-electron chi connectivity index (χ1n) is 6.49. The summed E-state index contributed by atoms with van der Waals surface area (Å²) in [5.41, 5.74) is 3.65. The predicted molar refractivity (Wildman–Crippen MR) is 78.1 cm³/mol. The monoisotopic (exact) mass is 273 g/mol. The average molecular weight is 274 g/mol. The summed E-state index contributed by atoms with van der Waals surface area (Å²) in [7, 11) is 0. The second kappa shape index (κ2) is 4.82. The lowest BCUT2D eigenvalue weighted by atomic mass is 9.94. The van der Waals surface area contributed by atoms with Crippen molar-refractivity contribution in [3.63, 3.8) is 0 Å². The Labute approximate surface area is 118 Å². The summed E-state index contributed by atoms with van der Waals surface area (Å²) < 4.78 is 0. The maximum absolute atomic E-state index is 5.95. The van der Waals surface area contributed by atoms with Gasteiger partial charge in [-0.05, 0) is 42.5 Å². The minimum atomic E-state index is 0.302. The Bertz CT molecular complexity index is 612. The molecule has 0 N–H and O–H groups in total. The highest BCUT2D eigenvalue weighted by atomic mass is 35.5. The van der Waals surface area contributed by atoms with Gasteiger partial charge in [0.25, 0.3) is 0 Å². The zero-order chi connectivity index (χ0) is 13.4. The second-order valence-electron chi connectivity index (χ2n) is 5.19. The average Bonchev–Trinajstić information content (AvgIpc) is 2.40. The summed E-state index contributed by atoms with van der Waals surface area (Å²) in [5.74, 6) is 1.52. The number of para-hydroxylation sites is 1. The first-order valence-corrected chi connectivity index (χ1v) is 6.87. The van der Waals surface area contributed by atoms with E-state index in [0.29, 0.717) is 11.2 Å². The molecule has 4 heteroatoms. The molecule has 3 rings (SSSR count). The van der Waals surface area contributed by atoms with Gasteiger partial charge in [0.05, 0.1) is 0 Å². The van der Waals surface area contributed by atoms with E-state index < -0.39 is 0 Å². The highest BCUT2D eigenvalue weighted by Crippen LogP contribution is 2.35. The Balaban J connectivity index is 2.12. The summed E-state index contributed by atoms with van der Waals surface area (Å²) >= 11 is 5.95. The van der Waals surface area contributed by atoms with Crippen molar-refractivity contribution in [1.29, 1.82) is 0 Å². The van der Waals surface area contributed by atoms with Crippen molar-refractivity contribution >= 4 is 23.1 Å². The van der Waals surface area contributed by atoms with Gasteiger partial charge in [0.1, 0.15) is 5.82 Å². The van der Waals surface area contributed by atoms with Crippen LogP contribution in [0.25, 0.3) is 0 Å². The molecule has 0 bridgehead atoms.